The number of amides is 2. The van der Waals surface area contributed by atoms with Crippen molar-refractivity contribution in [2.75, 3.05) is 7.05 Å². The van der Waals surface area contributed by atoms with Crippen molar-refractivity contribution in [1.82, 2.24) is 10.2 Å². The summed E-state index contributed by atoms with van der Waals surface area (Å²) in [6.45, 7) is 2.54. The van der Waals surface area contributed by atoms with Crippen molar-refractivity contribution in [3.8, 4) is 0 Å². The van der Waals surface area contributed by atoms with Crippen LogP contribution in [0.3, 0.4) is 0 Å². The van der Waals surface area contributed by atoms with Crippen LogP contribution in [0.15, 0.2) is 48.5 Å². The molecule has 0 radical (unpaired) electrons. The van der Waals surface area contributed by atoms with E-state index < -0.39 is 0 Å². The highest BCUT2D eigenvalue weighted by Crippen LogP contribution is 2.31. The van der Waals surface area contributed by atoms with Crippen LogP contribution in [-0.4, -0.2) is 29.8 Å². The predicted molar refractivity (Wildman–Crippen MR) is 103 cm³/mol. The Hall–Kier alpha value is -2.69. The topological polar surface area (TPSA) is 49.4 Å². The second kappa shape index (κ2) is 8.33. The van der Waals surface area contributed by atoms with E-state index in [1.165, 1.54) is 12.1 Å². The van der Waals surface area contributed by atoms with Crippen LogP contribution >= 0.6 is 0 Å². The highest BCUT2D eigenvalue weighted by molar-refractivity contribution is 5.93. The van der Waals surface area contributed by atoms with Crippen LogP contribution in [0, 0.1) is 5.82 Å². The molecule has 4 nitrogen and oxygen atoms in total. The molecule has 0 bridgehead atoms. The molecule has 3 rings (SSSR count). The lowest BCUT2D eigenvalue weighted by molar-refractivity contribution is -0.132. The summed E-state index contributed by atoms with van der Waals surface area (Å²) in [5.41, 5.74) is 2.59. The van der Waals surface area contributed by atoms with Gasteiger partial charge in [0, 0.05) is 31.6 Å². The number of carbonyl (C=O) groups is 2. The molecular weight excluding hydrogens is 343 g/mol. The first kappa shape index (κ1) is 19.1. The summed E-state index contributed by atoms with van der Waals surface area (Å²) < 4.78 is 13.1. The lowest BCUT2D eigenvalue weighted by atomic mass is 9.97. The minimum Gasteiger partial charge on any atom is -0.355 e. The minimum absolute atomic E-state index is 0.0370. The Morgan fingerprint density at radius 1 is 1.11 bits per heavy atom. The molecule has 142 valence electrons. The van der Waals surface area contributed by atoms with Crippen molar-refractivity contribution in [2.24, 2.45) is 0 Å². The molecule has 0 saturated heterocycles. The van der Waals surface area contributed by atoms with E-state index in [0.717, 1.165) is 24.0 Å². The van der Waals surface area contributed by atoms with Crippen molar-refractivity contribution in [3.63, 3.8) is 0 Å². The summed E-state index contributed by atoms with van der Waals surface area (Å²) in [4.78, 5) is 26.5. The van der Waals surface area contributed by atoms with Gasteiger partial charge in [0.1, 0.15) is 5.82 Å². The van der Waals surface area contributed by atoms with Crippen molar-refractivity contribution in [3.05, 3.63) is 71.0 Å². The quantitative estimate of drug-likeness (QED) is 0.807. The first-order valence-corrected chi connectivity index (χ1v) is 9.34. The Morgan fingerprint density at radius 2 is 1.74 bits per heavy atom. The zero-order valence-corrected chi connectivity index (χ0v) is 15.7. The highest BCUT2D eigenvalue weighted by atomic mass is 19.1. The summed E-state index contributed by atoms with van der Waals surface area (Å²) in [5, 5.41) is 2.60. The minimum atomic E-state index is -0.267. The van der Waals surface area contributed by atoms with Gasteiger partial charge in [0.15, 0.2) is 0 Å². The smallest absolute Gasteiger partial charge is 0.251 e. The first-order chi connectivity index (χ1) is 13.0. The SMILES string of the molecule is CNC(=O)c1ccc(CN(C(=O)C[C@H](C)c2ccc(F)cc2)C2CC2)cc1. The third-order valence-corrected chi connectivity index (χ3v) is 5.02. The molecule has 0 aliphatic heterocycles. The molecule has 0 unspecified atom stereocenters. The van der Waals surface area contributed by atoms with Gasteiger partial charge in [-0.25, -0.2) is 4.39 Å². The van der Waals surface area contributed by atoms with Gasteiger partial charge in [-0.3, -0.25) is 9.59 Å². The van der Waals surface area contributed by atoms with Crippen molar-refractivity contribution in [1.29, 1.82) is 0 Å². The molecule has 1 fully saturated rings. The molecule has 2 aromatic rings. The normalized spacial score (nSPS) is 14.5. The van der Waals surface area contributed by atoms with Gasteiger partial charge in [-0.1, -0.05) is 31.2 Å². The van der Waals surface area contributed by atoms with Crippen LogP contribution < -0.4 is 5.32 Å². The van der Waals surface area contributed by atoms with Gasteiger partial charge >= 0.3 is 0 Å². The average Bonchev–Trinajstić information content (AvgIpc) is 3.51. The zero-order chi connectivity index (χ0) is 19.4. The maximum absolute atomic E-state index is 13.1. The van der Waals surface area contributed by atoms with E-state index in [-0.39, 0.29) is 23.5 Å². The lowest BCUT2D eigenvalue weighted by Gasteiger charge is -2.24. The van der Waals surface area contributed by atoms with Crippen LogP contribution in [0.1, 0.15) is 53.6 Å². The molecule has 0 heterocycles. The van der Waals surface area contributed by atoms with Crippen molar-refractivity contribution in [2.45, 2.75) is 44.7 Å². The maximum Gasteiger partial charge on any atom is 0.251 e. The number of nitrogens with one attached hydrogen (secondary N) is 1. The Balaban J connectivity index is 1.65. The average molecular weight is 368 g/mol. The first-order valence-electron chi connectivity index (χ1n) is 9.34. The zero-order valence-electron chi connectivity index (χ0n) is 15.7. The van der Waals surface area contributed by atoms with Crippen LogP contribution in [-0.2, 0) is 11.3 Å². The number of benzene rings is 2. The third-order valence-electron chi connectivity index (χ3n) is 5.02. The molecule has 1 aliphatic carbocycles. The fourth-order valence-electron chi connectivity index (χ4n) is 3.20. The molecule has 5 heteroatoms. The van der Waals surface area contributed by atoms with Crippen molar-refractivity contribution < 1.29 is 14.0 Å². The molecule has 2 aromatic carbocycles. The summed E-state index contributed by atoms with van der Waals surface area (Å²) in [7, 11) is 1.60. The van der Waals surface area contributed by atoms with Gasteiger partial charge in [-0.05, 0) is 54.2 Å². The van der Waals surface area contributed by atoms with E-state index in [0.29, 0.717) is 24.6 Å². The van der Waals surface area contributed by atoms with Crippen molar-refractivity contribution >= 4 is 11.8 Å². The number of halogens is 1. The van der Waals surface area contributed by atoms with Crippen LogP contribution in [0.2, 0.25) is 0 Å². The number of hydrogen-bond acceptors (Lipinski definition) is 2. The van der Waals surface area contributed by atoms with E-state index in [1.54, 1.807) is 31.3 Å². The molecule has 2 amide bonds. The Labute approximate surface area is 159 Å². The molecule has 1 saturated carbocycles. The second-order valence-corrected chi connectivity index (χ2v) is 7.19. The van der Waals surface area contributed by atoms with Crippen LogP contribution in [0.5, 0.6) is 0 Å². The molecule has 0 spiro atoms. The molecule has 1 N–H and O–H groups in total. The molecule has 27 heavy (non-hydrogen) atoms. The van der Waals surface area contributed by atoms with E-state index in [1.807, 2.05) is 24.0 Å². The van der Waals surface area contributed by atoms with Gasteiger partial charge in [0.2, 0.25) is 5.91 Å². The molecule has 1 atom stereocenters. The van der Waals surface area contributed by atoms with Gasteiger partial charge < -0.3 is 10.2 Å². The van der Waals surface area contributed by atoms with Gasteiger partial charge in [0.25, 0.3) is 5.91 Å². The summed E-state index contributed by atoms with van der Waals surface area (Å²) in [5.74, 6) is -0.235. The van der Waals surface area contributed by atoms with E-state index in [4.69, 9.17) is 0 Å². The molecular formula is C22H25FN2O2. The van der Waals surface area contributed by atoms with Crippen LogP contribution in [0.4, 0.5) is 4.39 Å². The van der Waals surface area contributed by atoms with E-state index in [9.17, 15) is 14.0 Å². The fraction of sp³-hybridized carbons (Fsp3) is 0.364. The predicted octanol–water partition coefficient (Wildman–Crippen LogP) is 3.87. The molecule has 0 aromatic heterocycles. The number of hydrogen-bond donors (Lipinski definition) is 1. The maximum atomic E-state index is 13.1. The largest absolute Gasteiger partial charge is 0.355 e. The Bertz CT molecular complexity index is 798. The monoisotopic (exact) mass is 368 g/mol. The van der Waals surface area contributed by atoms with Gasteiger partial charge in [0.05, 0.1) is 0 Å². The van der Waals surface area contributed by atoms with E-state index >= 15 is 0 Å². The number of nitrogens with zero attached hydrogens (tertiary/aromatic N) is 1. The Morgan fingerprint density at radius 3 is 2.30 bits per heavy atom. The highest BCUT2D eigenvalue weighted by Gasteiger charge is 2.33. The Kier molecular flexibility index (Phi) is 5.89. The lowest BCUT2D eigenvalue weighted by Crippen LogP contribution is -2.33. The second-order valence-electron chi connectivity index (χ2n) is 7.19. The standard InChI is InChI=1S/C22H25FN2O2/c1-15(17-7-9-19(23)10-8-17)13-21(26)25(20-11-12-20)14-16-3-5-18(6-4-16)22(27)24-2/h3-10,15,20H,11-14H2,1-2H3,(H,24,27)/t15-/m0/s1. The third kappa shape index (κ3) is 4.94. The number of rotatable bonds is 7. The fourth-order valence-corrected chi connectivity index (χ4v) is 3.20. The summed E-state index contributed by atoms with van der Waals surface area (Å²) >= 11 is 0. The van der Waals surface area contributed by atoms with Gasteiger partial charge in [-0.15, -0.1) is 0 Å². The number of carbonyl (C=O) groups excluding carboxylic acids is 2. The van der Waals surface area contributed by atoms with Crippen LogP contribution in [0.25, 0.3) is 0 Å². The summed E-state index contributed by atoms with van der Waals surface area (Å²) in [6.07, 6.45) is 2.47. The molecule has 1 aliphatic rings. The summed E-state index contributed by atoms with van der Waals surface area (Å²) in [6, 6.07) is 14.0. The van der Waals surface area contributed by atoms with E-state index in [2.05, 4.69) is 5.32 Å². The van der Waals surface area contributed by atoms with Gasteiger partial charge in [-0.2, -0.15) is 0 Å².